The first-order valence-electron chi connectivity index (χ1n) is 8.70. The second-order valence-electron chi connectivity index (χ2n) is 6.11. The average Bonchev–Trinajstić information content (AvgIpc) is 2.69. The summed E-state index contributed by atoms with van der Waals surface area (Å²) < 4.78 is 24.6. The van der Waals surface area contributed by atoms with Gasteiger partial charge >= 0.3 is 0 Å². The van der Waals surface area contributed by atoms with Crippen molar-refractivity contribution in [2.45, 2.75) is 0 Å². The van der Waals surface area contributed by atoms with Crippen LogP contribution in [-0.4, -0.2) is 52.0 Å². The Kier molecular flexibility index (Phi) is 7.72. The quantitative estimate of drug-likeness (QED) is 0.436. The molecular weight excluding hydrogens is 396 g/mol. The fourth-order valence-electron chi connectivity index (χ4n) is 2.30. The summed E-state index contributed by atoms with van der Waals surface area (Å²) in [4.78, 5) is 35.6. The van der Waals surface area contributed by atoms with Gasteiger partial charge in [0.15, 0.2) is 0 Å². The SMILES string of the molecule is CS(=O)(=O)Nc1ccc(C(=O)NCCNC(=O)CNC(=O)c2ccccc2)cc1. The van der Waals surface area contributed by atoms with Crippen LogP contribution in [-0.2, 0) is 14.8 Å². The predicted molar refractivity (Wildman–Crippen MR) is 109 cm³/mol. The van der Waals surface area contributed by atoms with Crippen LogP contribution in [0.4, 0.5) is 5.69 Å². The molecule has 2 rings (SSSR count). The zero-order chi connectivity index (χ0) is 21.3. The second kappa shape index (κ2) is 10.2. The molecule has 10 heteroatoms. The van der Waals surface area contributed by atoms with Crippen LogP contribution in [0.3, 0.4) is 0 Å². The van der Waals surface area contributed by atoms with Crippen molar-refractivity contribution in [3.05, 3.63) is 65.7 Å². The standard InChI is InChI=1S/C19H22N4O5S/c1-29(27,28)23-16-9-7-15(8-10-16)18(25)21-12-11-20-17(24)13-22-19(26)14-5-3-2-4-6-14/h2-10,23H,11-13H2,1H3,(H,20,24)(H,21,25)(H,22,26). The molecule has 0 heterocycles. The number of anilines is 1. The molecule has 0 spiro atoms. The topological polar surface area (TPSA) is 133 Å². The number of benzene rings is 2. The second-order valence-corrected chi connectivity index (χ2v) is 7.85. The van der Waals surface area contributed by atoms with Crippen LogP contribution >= 0.6 is 0 Å². The Morgan fingerprint density at radius 3 is 1.93 bits per heavy atom. The Bertz CT molecular complexity index is 960. The maximum Gasteiger partial charge on any atom is 0.251 e. The first kappa shape index (κ1) is 21.9. The van der Waals surface area contributed by atoms with Crippen molar-refractivity contribution in [2.75, 3.05) is 30.6 Å². The smallest absolute Gasteiger partial charge is 0.251 e. The Hall–Kier alpha value is -3.40. The molecule has 0 saturated heterocycles. The monoisotopic (exact) mass is 418 g/mol. The summed E-state index contributed by atoms with van der Waals surface area (Å²) in [6.45, 7) is 0.219. The molecule has 0 unspecified atom stereocenters. The number of hydrogen-bond acceptors (Lipinski definition) is 5. The van der Waals surface area contributed by atoms with Crippen LogP contribution in [0.5, 0.6) is 0 Å². The number of hydrogen-bond donors (Lipinski definition) is 4. The van der Waals surface area contributed by atoms with Crippen molar-refractivity contribution >= 4 is 33.4 Å². The van der Waals surface area contributed by atoms with E-state index in [0.717, 1.165) is 6.26 Å². The van der Waals surface area contributed by atoms with Gasteiger partial charge in [-0.2, -0.15) is 0 Å². The van der Waals surface area contributed by atoms with Gasteiger partial charge in [0.2, 0.25) is 15.9 Å². The van der Waals surface area contributed by atoms with Crippen LogP contribution in [0, 0.1) is 0 Å². The van der Waals surface area contributed by atoms with Crippen LogP contribution in [0.25, 0.3) is 0 Å². The fraction of sp³-hybridized carbons (Fsp3) is 0.211. The number of carbonyl (C=O) groups excluding carboxylic acids is 3. The van der Waals surface area contributed by atoms with Gasteiger partial charge in [-0.1, -0.05) is 18.2 Å². The zero-order valence-electron chi connectivity index (χ0n) is 15.8. The van der Waals surface area contributed by atoms with Gasteiger partial charge in [-0.15, -0.1) is 0 Å². The van der Waals surface area contributed by atoms with Gasteiger partial charge < -0.3 is 16.0 Å². The minimum absolute atomic E-state index is 0.170. The highest BCUT2D eigenvalue weighted by molar-refractivity contribution is 7.92. The van der Waals surface area contributed by atoms with Crippen molar-refractivity contribution in [2.24, 2.45) is 0 Å². The third-order valence-electron chi connectivity index (χ3n) is 3.63. The van der Waals surface area contributed by atoms with E-state index in [9.17, 15) is 22.8 Å². The first-order chi connectivity index (χ1) is 13.7. The molecule has 2 aromatic rings. The molecule has 0 aliphatic heterocycles. The number of sulfonamides is 1. The highest BCUT2D eigenvalue weighted by Crippen LogP contribution is 2.10. The molecule has 0 aliphatic rings. The van der Waals surface area contributed by atoms with Crippen LogP contribution in [0.2, 0.25) is 0 Å². The number of carbonyl (C=O) groups is 3. The average molecular weight is 418 g/mol. The molecule has 0 radical (unpaired) electrons. The van der Waals surface area contributed by atoms with E-state index in [0.29, 0.717) is 16.8 Å². The molecule has 3 amide bonds. The van der Waals surface area contributed by atoms with E-state index in [1.54, 1.807) is 30.3 Å². The summed E-state index contributed by atoms with van der Waals surface area (Å²) in [5.74, 6) is -1.08. The normalized spacial score (nSPS) is 10.7. The molecule has 29 heavy (non-hydrogen) atoms. The minimum Gasteiger partial charge on any atom is -0.353 e. The molecule has 0 saturated carbocycles. The molecule has 0 bridgehead atoms. The van der Waals surface area contributed by atoms with E-state index < -0.39 is 10.0 Å². The van der Waals surface area contributed by atoms with Crippen LogP contribution in [0.1, 0.15) is 20.7 Å². The lowest BCUT2D eigenvalue weighted by Crippen LogP contribution is -2.40. The Labute approximate surface area is 168 Å². The minimum atomic E-state index is -3.38. The summed E-state index contributed by atoms with van der Waals surface area (Å²) in [6, 6.07) is 14.5. The summed E-state index contributed by atoms with van der Waals surface area (Å²) >= 11 is 0. The molecular formula is C19H22N4O5S. The van der Waals surface area contributed by atoms with Crippen LogP contribution in [0.15, 0.2) is 54.6 Å². The van der Waals surface area contributed by atoms with Gasteiger partial charge in [-0.05, 0) is 36.4 Å². The van der Waals surface area contributed by atoms with E-state index >= 15 is 0 Å². The van der Waals surface area contributed by atoms with Gasteiger partial charge in [0.05, 0.1) is 12.8 Å². The summed E-state index contributed by atoms with van der Waals surface area (Å²) in [6.07, 6.45) is 1.04. The number of nitrogens with one attached hydrogen (secondary N) is 4. The Balaban J connectivity index is 1.67. The van der Waals surface area contributed by atoms with E-state index in [2.05, 4.69) is 20.7 Å². The van der Waals surface area contributed by atoms with E-state index in [1.165, 1.54) is 24.3 Å². The summed E-state index contributed by atoms with van der Waals surface area (Å²) in [7, 11) is -3.38. The molecule has 0 aromatic heterocycles. The molecule has 4 N–H and O–H groups in total. The van der Waals surface area contributed by atoms with E-state index in [-0.39, 0.29) is 37.4 Å². The largest absolute Gasteiger partial charge is 0.353 e. The zero-order valence-corrected chi connectivity index (χ0v) is 16.6. The molecule has 0 fully saturated rings. The van der Waals surface area contributed by atoms with Crippen molar-refractivity contribution < 1.29 is 22.8 Å². The molecule has 9 nitrogen and oxygen atoms in total. The lowest BCUT2D eigenvalue weighted by molar-refractivity contribution is -0.120. The molecule has 0 atom stereocenters. The maximum absolute atomic E-state index is 12.0. The van der Waals surface area contributed by atoms with Crippen molar-refractivity contribution in [3.63, 3.8) is 0 Å². The van der Waals surface area contributed by atoms with Crippen molar-refractivity contribution in [1.29, 1.82) is 0 Å². The predicted octanol–water partition coefficient (Wildman–Crippen LogP) is 0.334. The molecule has 2 aromatic carbocycles. The molecule has 154 valence electrons. The van der Waals surface area contributed by atoms with Gasteiger partial charge in [0, 0.05) is 29.9 Å². The summed E-state index contributed by atoms with van der Waals surface area (Å²) in [5, 5.41) is 7.73. The maximum atomic E-state index is 12.0. The van der Waals surface area contributed by atoms with E-state index in [4.69, 9.17) is 0 Å². The van der Waals surface area contributed by atoms with E-state index in [1.807, 2.05) is 0 Å². The lowest BCUT2D eigenvalue weighted by atomic mass is 10.2. The van der Waals surface area contributed by atoms with Crippen LogP contribution < -0.4 is 20.7 Å². The summed E-state index contributed by atoms with van der Waals surface area (Å²) in [5.41, 5.74) is 1.17. The van der Waals surface area contributed by atoms with Crippen molar-refractivity contribution in [1.82, 2.24) is 16.0 Å². The number of amides is 3. The van der Waals surface area contributed by atoms with Gasteiger partial charge in [0.1, 0.15) is 0 Å². The lowest BCUT2D eigenvalue weighted by Gasteiger charge is -2.09. The Morgan fingerprint density at radius 2 is 1.31 bits per heavy atom. The first-order valence-corrected chi connectivity index (χ1v) is 10.6. The van der Waals surface area contributed by atoms with Gasteiger partial charge in [-0.3, -0.25) is 19.1 Å². The third kappa shape index (κ3) is 8.01. The fourth-order valence-corrected chi connectivity index (χ4v) is 2.86. The van der Waals surface area contributed by atoms with Gasteiger partial charge in [0.25, 0.3) is 11.8 Å². The van der Waals surface area contributed by atoms with Gasteiger partial charge in [-0.25, -0.2) is 8.42 Å². The number of rotatable bonds is 9. The third-order valence-corrected chi connectivity index (χ3v) is 4.24. The van der Waals surface area contributed by atoms with Crippen molar-refractivity contribution in [3.8, 4) is 0 Å². The molecule has 0 aliphatic carbocycles. The highest BCUT2D eigenvalue weighted by atomic mass is 32.2. The Morgan fingerprint density at radius 1 is 0.759 bits per heavy atom. The highest BCUT2D eigenvalue weighted by Gasteiger charge is 2.09.